The standard InChI is InChI=1S/C18H23NO4S/c1-18(2,14-8-6-5-7-9-14)13-19-24(20,21)17-12-15(22-3)10-11-16(17)23-4/h5-12,19H,13H2,1-4H3. The highest BCUT2D eigenvalue weighted by Gasteiger charge is 2.26. The van der Waals surface area contributed by atoms with Gasteiger partial charge in [0.1, 0.15) is 16.4 Å². The third-order valence-electron chi connectivity index (χ3n) is 3.92. The summed E-state index contributed by atoms with van der Waals surface area (Å²) in [4.78, 5) is 0.0632. The van der Waals surface area contributed by atoms with E-state index in [0.29, 0.717) is 5.75 Å². The minimum absolute atomic E-state index is 0.0632. The number of nitrogens with one attached hydrogen (secondary N) is 1. The van der Waals surface area contributed by atoms with Crippen molar-refractivity contribution in [3.63, 3.8) is 0 Å². The van der Waals surface area contributed by atoms with Crippen molar-refractivity contribution in [2.75, 3.05) is 20.8 Å². The Morgan fingerprint density at radius 1 is 1.00 bits per heavy atom. The van der Waals surface area contributed by atoms with Gasteiger partial charge in [-0.2, -0.15) is 0 Å². The summed E-state index contributed by atoms with van der Waals surface area (Å²) in [5.41, 5.74) is 0.714. The van der Waals surface area contributed by atoms with Crippen molar-refractivity contribution >= 4 is 10.0 Å². The first-order valence-electron chi connectivity index (χ1n) is 7.57. The Labute approximate surface area is 143 Å². The maximum absolute atomic E-state index is 12.7. The number of benzene rings is 2. The minimum Gasteiger partial charge on any atom is -0.497 e. The third kappa shape index (κ3) is 4.07. The van der Waals surface area contributed by atoms with Crippen LogP contribution >= 0.6 is 0 Å². The average molecular weight is 349 g/mol. The molecule has 0 atom stereocenters. The van der Waals surface area contributed by atoms with Crippen molar-refractivity contribution in [2.24, 2.45) is 0 Å². The molecule has 2 aromatic rings. The second-order valence-corrected chi connectivity index (χ2v) is 7.83. The lowest BCUT2D eigenvalue weighted by Crippen LogP contribution is -2.36. The van der Waals surface area contributed by atoms with Gasteiger partial charge in [0.2, 0.25) is 10.0 Å². The predicted molar refractivity (Wildman–Crippen MR) is 94.2 cm³/mol. The minimum atomic E-state index is -3.73. The summed E-state index contributed by atoms with van der Waals surface area (Å²) in [7, 11) is -0.802. The molecular formula is C18H23NO4S. The van der Waals surface area contributed by atoms with Crippen molar-refractivity contribution in [3.8, 4) is 11.5 Å². The van der Waals surface area contributed by atoms with Crippen LogP contribution in [0.1, 0.15) is 19.4 Å². The summed E-state index contributed by atoms with van der Waals surface area (Å²) in [5.74, 6) is 0.735. The van der Waals surface area contributed by atoms with E-state index in [9.17, 15) is 8.42 Å². The van der Waals surface area contributed by atoms with Crippen molar-refractivity contribution < 1.29 is 17.9 Å². The van der Waals surface area contributed by atoms with E-state index >= 15 is 0 Å². The molecule has 0 saturated heterocycles. The van der Waals surface area contributed by atoms with E-state index in [1.54, 1.807) is 12.1 Å². The Kier molecular flexibility index (Phi) is 5.51. The molecule has 0 fully saturated rings. The van der Waals surface area contributed by atoms with Crippen LogP contribution in [0.25, 0.3) is 0 Å². The molecule has 0 amide bonds. The fraction of sp³-hybridized carbons (Fsp3) is 0.333. The van der Waals surface area contributed by atoms with Gasteiger partial charge in [-0.25, -0.2) is 13.1 Å². The molecule has 5 nitrogen and oxygen atoms in total. The Morgan fingerprint density at radius 3 is 2.25 bits per heavy atom. The highest BCUT2D eigenvalue weighted by atomic mass is 32.2. The molecule has 0 spiro atoms. The van der Waals surface area contributed by atoms with Crippen LogP contribution in [0.3, 0.4) is 0 Å². The number of hydrogen-bond acceptors (Lipinski definition) is 4. The van der Waals surface area contributed by atoms with Gasteiger partial charge in [0.05, 0.1) is 14.2 Å². The van der Waals surface area contributed by atoms with E-state index in [4.69, 9.17) is 9.47 Å². The molecule has 0 aromatic heterocycles. The van der Waals surface area contributed by atoms with E-state index in [-0.39, 0.29) is 22.6 Å². The fourth-order valence-electron chi connectivity index (χ4n) is 2.34. The second kappa shape index (κ2) is 7.23. The van der Waals surface area contributed by atoms with E-state index in [1.807, 2.05) is 44.2 Å². The van der Waals surface area contributed by atoms with E-state index in [1.165, 1.54) is 20.3 Å². The van der Waals surface area contributed by atoms with Gasteiger partial charge >= 0.3 is 0 Å². The lowest BCUT2D eigenvalue weighted by molar-refractivity contribution is 0.391. The Bertz CT molecular complexity index is 786. The summed E-state index contributed by atoms with van der Waals surface area (Å²) in [6, 6.07) is 14.5. The van der Waals surface area contributed by atoms with Gasteiger partial charge < -0.3 is 9.47 Å². The zero-order valence-corrected chi connectivity index (χ0v) is 15.2. The maximum atomic E-state index is 12.7. The van der Waals surface area contributed by atoms with E-state index in [2.05, 4.69) is 4.72 Å². The lowest BCUT2D eigenvalue weighted by Gasteiger charge is -2.25. The third-order valence-corrected chi connectivity index (χ3v) is 5.34. The van der Waals surface area contributed by atoms with Gasteiger partial charge in [-0.15, -0.1) is 0 Å². The van der Waals surface area contributed by atoms with Crippen molar-refractivity contribution in [1.82, 2.24) is 4.72 Å². The van der Waals surface area contributed by atoms with E-state index in [0.717, 1.165) is 5.56 Å². The fourth-order valence-corrected chi connectivity index (χ4v) is 3.73. The van der Waals surface area contributed by atoms with E-state index < -0.39 is 10.0 Å². The van der Waals surface area contributed by atoms with Crippen LogP contribution in [-0.4, -0.2) is 29.2 Å². The highest BCUT2D eigenvalue weighted by molar-refractivity contribution is 7.89. The van der Waals surface area contributed by atoms with Crippen molar-refractivity contribution in [2.45, 2.75) is 24.2 Å². The molecule has 130 valence electrons. The number of ether oxygens (including phenoxy) is 2. The number of methoxy groups -OCH3 is 2. The van der Waals surface area contributed by atoms with Gasteiger partial charge in [-0.3, -0.25) is 0 Å². The van der Waals surface area contributed by atoms with Crippen molar-refractivity contribution in [3.05, 3.63) is 54.1 Å². The first kappa shape index (κ1) is 18.3. The lowest BCUT2D eigenvalue weighted by atomic mass is 9.85. The zero-order valence-electron chi connectivity index (χ0n) is 14.4. The number of hydrogen-bond donors (Lipinski definition) is 1. The number of sulfonamides is 1. The molecule has 2 aromatic carbocycles. The Morgan fingerprint density at radius 2 is 1.67 bits per heavy atom. The molecule has 6 heteroatoms. The van der Waals surface area contributed by atoms with Crippen LogP contribution in [0.4, 0.5) is 0 Å². The van der Waals surface area contributed by atoms with Crippen LogP contribution < -0.4 is 14.2 Å². The topological polar surface area (TPSA) is 64.6 Å². The van der Waals surface area contributed by atoms with Crippen LogP contribution in [0.15, 0.2) is 53.4 Å². The SMILES string of the molecule is COc1ccc(OC)c(S(=O)(=O)NCC(C)(C)c2ccccc2)c1. The summed E-state index contributed by atoms with van der Waals surface area (Å²) >= 11 is 0. The van der Waals surface area contributed by atoms with Gasteiger partial charge in [0, 0.05) is 18.0 Å². The molecule has 0 aliphatic carbocycles. The summed E-state index contributed by atoms with van der Waals surface area (Å²) < 4.78 is 38.4. The highest BCUT2D eigenvalue weighted by Crippen LogP contribution is 2.29. The summed E-state index contributed by atoms with van der Waals surface area (Å²) in [6.07, 6.45) is 0. The molecular weight excluding hydrogens is 326 g/mol. The maximum Gasteiger partial charge on any atom is 0.244 e. The molecule has 0 radical (unpaired) electrons. The Hall–Kier alpha value is -2.05. The molecule has 0 heterocycles. The van der Waals surface area contributed by atoms with Gasteiger partial charge in [0.15, 0.2) is 0 Å². The van der Waals surface area contributed by atoms with Crippen LogP contribution in [-0.2, 0) is 15.4 Å². The molecule has 2 rings (SSSR count). The molecule has 0 aliphatic heterocycles. The van der Waals surface area contributed by atoms with Gasteiger partial charge in [-0.1, -0.05) is 44.2 Å². The normalized spacial score (nSPS) is 12.0. The first-order valence-corrected chi connectivity index (χ1v) is 9.06. The van der Waals surface area contributed by atoms with Crippen LogP contribution in [0.5, 0.6) is 11.5 Å². The largest absolute Gasteiger partial charge is 0.497 e. The molecule has 0 bridgehead atoms. The zero-order chi connectivity index (χ0) is 17.8. The van der Waals surface area contributed by atoms with Gasteiger partial charge in [-0.05, 0) is 17.7 Å². The molecule has 1 N–H and O–H groups in total. The molecule has 0 unspecified atom stereocenters. The smallest absolute Gasteiger partial charge is 0.244 e. The average Bonchev–Trinajstić information content (AvgIpc) is 2.60. The monoisotopic (exact) mass is 349 g/mol. The number of rotatable bonds is 7. The van der Waals surface area contributed by atoms with Gasteiger partial charge in [0.25, 0.3) is 0 Å². The van der Waals surface area contributed by atoms with Crippen molar-refractivity contribution in [1.29, 1.82) is 0 Å². The second-order valence-electron chi connectivity index (χ2n) is 6.09. The Balaban J connectivity index is 2.26. The quantitative estimate of drug-likeness (QED) is 0.835. The summed E-state index contributed by atoms with van der Waals surface area (Å²) in [6.45, 7) is 4.25. The molecule has 24 heavy (non-hydrogen) atoms. The predicted octanol–water partition coefficient (Wildman–Crippen LogP) is 2.96. The molecule has 0 aliphatic rings. The first-order chi connectivity index (χ1) is 11.3. The van der Waals surface area contributed by atoms with Crippen LogP contribution in [0, 0.1) is 0 Å². The van der Waals surface area contributed by atoms with Crippen LogP contribution in [0.2, 0.25) is 0 Å². The molecule has 0 saturated carbocycles. The summed E-state index contributed by atoms with van der Waals surface area (Å²) in [5, 5.41) is 0.